The molecule has 18 heavy (non-hydrogen) atoms. The fraction of sp³-hybridized carbons (Fsp3) is 0.667. The van der Waals surface area contributed by atoms with Crippen molar-refractivity contribution < 1.29 is 0 Å². The van der Waals surface area contributed by atoms with E-state index in [4.69, 9.17) is 10.7 Å². The molecule has 0 saturated heterocycles. The molecule has 100 valence electrons. The molecule has 1 heterocycles. The molecule has 1 aromatic rings. The molecule has 0 aromatic carbocycles. The molecule has 1 aromatic heterocycles. The Morgan fingerprint density at radius 1 is 1.33 bits per heavy atom. The first kappa shape index (κ1) is 13.3. The Kier molecular flexibility index (Phi) is 4.23. The van der Waals surface area contributed by atoms with Crippen LogP contribution >= 0.6 is 0 Å². The molecule has 0 amide bonds. The van der Waals surface area contributed by atoms with Crippen molar-refractivity contribution in [1.82, 2.24) is 4.98 Å². The quantitative estimate of drug-likeness (QED) is 0.889. The molecule has 2 N–H and O–H groups in total. The number of aromatic nitrogens is 1. The third-order valence-corrected chi connectivity index (χ3v) is 3.58. The van der Waals surface area contributed by atoms with E-state index in [1.807, 2.05) is 0 Å². The highest BCUT2D eigenvalue weighted by molar-refractivity contribution is 5.50. The molecule has 0 unspecified atom stereocenters. The Labute approximate surface area is 110 Å². The van der Waals surface area contributed by atoms with Crippen LogP contribution < -0.4 is 10.6 Å². The Bertz CT molecular complexity index is 412. The van der Waals surface area contributed by atoms with E-state index in [-0.39, 0.29) is 0 Å². The van der Waals surface area contributed by atoms with E-state index in [1.165, 1.54) is 36.1 Å². The summed E-state index contributed by atoms with van der Waals surface area (Å²) in [7, 11) is 2.12. The first-order valence-corrected chi connectivity index (χ1v) is 7.04. The molecule has 0 saturated carbocycles. The summed E-state index contributed by atoms with van der Waals surface area (Å²) >= 11 is 0. The summed E-state index contributed by atoms with van der Waals surface area (Å²) in [5, 5.41) is 0. The number of fused-ring (bicyclic) bond motifs is 1. The highest BCUT2D eigenvalue weighted by atomic mass is 15.2. The fourth-order valence-corrected chi connectivity index (χ4v) is 2.79. The number of hydrogen-bond acceptors (Lipinski definition) is 3. The standard InChI is InChI=1S/C15H25N3/c1-11(2)10-18(3)15-13(9-16)8-12-6-4-5-7-14(12)17-15/h8,11H,4-7,9-10,16H2,1-3H3. The summed E-state index contributed by atoms with van der Waals surface area (Å²) in [5.41, 5.74) is 9.79. The number of rotatable bonds is 4. The van der Waals surface area contributed by atoms with Gasteiger partial charge in [-0.3, -0.25) is 0 Å². The van der Waals surface area contributed by atoms with Crippen molar-refractivity contribution in [2.75, 3.05) is 18.5 Å². The van der Waals surface area contributed by atoms with Gasteiger partial charge in [0, 0.05) is 31.4 Å². The van der Waals surface area contributed by atoms with Crippen molar-refractivity contribution >= 4 is 5.82 Å². The van der Waals surface area contributed by atoms with Crippen molar-refractivity contribution in [2.45, 2.75) is 46.1 Å². The molecule has 1 aliphatic rings. The average Bonchev–Trinajstić information content (AvgIpc) is 2.36. The van der Waals surface area contributed by atoms with Crippen LogP contribution in [0.4, 0.5) is 5.82 Å². The van der Waals surface area contributed by atoms with E-state index in [1.54, 1.807) is 0 Å². The van der Waals surface area contributed by atoms with Gasteiger partial charge in [-0.05, 0) is 43.2 Å². The van der Waals surface area contributed by atoms with Gasteiger partial charge in [0.25, 0.3) is 0 Å². The molecule has 0 fully saturated rings. The van der Waals surface area contributed by atoms with Crippen LogP contribution in [0.1, 0.15) is 43.5 Å². The lowest BCUT2D eigenvalue weighted by atomic mass is 9.94. The zero-order valence-electron chi connectivity index (χ0n) is 11.9. The largest absolute Gasteiger partial charge is 0.359 e. The van der Waals surface area contributed by atoms with Crippen LogP contribution in [0.2, 0.25) is 0 Å². The molecule has 0 spiro atoms. The SMILES string of the molecule is CC(C)CN(C)c1nc2c(cc1CN)CCCC2. The van der Waals surface area contributed by atoms with Gasteiger partial charge in [0.15, 0.2) is 0 Å². The molecule has 0 bridgehead atoms. The number of pyridine rings is 1. The highest BCUT2D eigenvalue weighted by Gasteiger charge is 2.17. The minimum absolute atomic E-state index is 0.581. The van der Waals surface area contributed by atoms with Gasteiger partial charge in [-0.15, -0.1) is 0 Å². The summed E-state index contributed by atoms with van der Waals surface area (Å²) in [6.45, 7) is 6.07. The first-order chi connectivity index (χ1) is 8.61. The molecule has 1 aliphatic carbocycles. The van der Waals surface area contributed by atoms with Gasteiger partial charge in [0.1, 0.15) is 5.82 Å². The van der Waals surface area contributed by atoms with Crippen LogP contribution in [0.3, 0.4) is 0 Å². The molecule has 2 rings (SSSR count). The van der Waals surface area contributed by atoms with Crippen LogP contribution in [0.25, 0.3) is 0 Å². The van der Waals surface area contributed by atoms with E-state index in [0.717, 1.165) is 18.8 Å². The van der Waals surface area contributed by atoms with E-state index >= 15 is 0 Å². The zero-order valence-corrected chi connectivity index (χ0v) is 11.9. The maximum atomic E-state index is 5.89. The third kappa shape index (κ3) is 2.83. The second-order valence-corrected chi connectivity index (χ2v) is 5.76. The maximum Gasteiger partial charge on any atom is 0.133 e. The van der Waals surface area contributed by atoms with E-state index in [9.17, 15) is 0 Å². The van der Waals surface area contributed by atoms with Crippen LogP contribution in [-0.2, 0) is 19.4 Å². The lowest BCUT2D eigenvalue weighted by Gasteiger charge is -2.26. The minimum Gasteiger partial charge on any atom is -0.359 e. The minimum atomic E-state index is 0.581. The third-order valence-electron chi connectivity index (χ3n) is 3.58. The van der Waals surface area contributed by atoms with Gasteiger partial charge in [0.05, 0.1) is 0 Å². The van der Waals surface area contributed by atoms with Gasteiger partial charge in [-0.25, -0.2) is 4.98 Å². The normalized spacial score (nSPS) is 14.7. The monoisotopic (exact) mass is 247 g/mol. The molecular weight excluding hydrogens is 222 g/mol. The van der Waals surface area contributed by atoms with E-state index < -0.39 is 0 Å². The van der Waals surface area contributed by atoms with Crippen molar-refractivity contribution in [2.24, 2.45) is 11.7 Å². The number of nitrogens with two attached hydrogens (primary N) is 1. The number of nitrogens with zero attached hydrogens (tertiary/aromatic N) is 2. The van der Waals surface area contributed by atoms with Gasteiger partial charge >= 0.3 is 0 Å². The summed E-state index contributed by atoms with van der Waals surface area (Å²) in [6, 6.07) is 2.29. The van der Waals surface area contributed by atoms with Crippen LogP contribution in [0, 0.1) is 5.92 Å². The van der Waals surface area contributed by atoms with Gasteiger partial charge in [-0.1, -0.05) is 13.8 Å². The summed E-state index contributed by atoms with van der Waals surface area (Å²) < 4.78 is 0. The Balaban J connectivity index is 2.33. The van der Waals surface area contributed by atoms with Gasteiger partial charge in [-0.2, -0.15) is 0 Å². The number of aryl methyl sites for hydroxylation is 2. The second kappa shape index (κ2) is 5.70. The van der Waals surface area contributed by atoms with Gasteiger partial charge in [0.2, 0.25) is 0 Å². The zero-order chi connectivity index (χ0) is 13.1. The highest BCUT2D eigenvalue weighted by Crippen LogP contribution is 2.26. The molecule has 3 heteroatoms. The predicted molar refractivity (Wildman–Crippen MR) is 76.9 cm³/mol. The van der Waals surface area contributed by atoms with Crippen LogP contribution in [0.15, 0.2) is 6.07 Å². The van der Waals surface area contributed by atoms with Crippen molar-refractivity contribution in [3.63, 3.8) is 0 Å². The lowest BCUT2D eigenvalue weighted by Crippen LogP contribution is -2.26. The number of anilines is 1. The predicted octanol–water partition coefficient (Wildman–Crippen LogP) is 2.51. The van der Waals surface area contributed by atoms with E-state index in [0.29, 0.717) is 12.5 Å². The van der Waals surface area contributed by atoms with Gasteiger partial charge < -0.3 is 10.6 Å². The Morgan fingerprint density at radius 3 is 2.72 bits per heavy atom. The van der Waals surface area contributed by atoms with Crippen molar-refractivity contribution in [1.29, 1.82) is 0 Å². The Morgan fingerprint density at radius 2 is 2.06 bits per heavy atom. The molecule has 0 aliphatic heterocycles. The molecule has 0 atom stereocenters. The second-order valence-electron chi connectivity index (χ2n) is 5.76. The first-order valence-electron chi connectivity index (χ1n) is 7.04. The topological polar surface area (TPSA) is 42.2 Å². The molecule has 3 nitrogen and oxygen atoms in total. The lowest BCUT2D eigenvalue weighted by molar-refractivity contribution is 0.625. The summed E-state index contributed by atoms with van der Waals surface area (Å²) in [4.78, 5) is 7.13. The fourth-order valence-electron chi connectivity index (χ4n) is 2.79. The molecule has 0 radical (unpaired) electrons. The van der Waals surface area contributed by atoms with Crippen LogP contribution in [-0.4, -0.2) is 18.6 Å². The maximum absolute atomic E-state index is 5.89. The number of hydrogen-bond donors (Lipinski definition) is 1. The van der Waals surface area contributed by atoms with E-state index in [2.05, 4.69) is 31.9 Å². The Hall–Kier alpha value is -1.09. The van der Waals surface area contributed by atoms with Crippen molar-refractivity contribution in [3.8, 4) is 0 Å². The smallest absolute Gasteiger partial charge is 0.133 e. The average molecular weight is 247 g/mol. The van der Waals surface area contributed by atoms with Crippen molar-refractivity contribution in [3.05, 3.63) is 22.9 Å². The molecular formula is C15H25N3. The van der Waals surface area contributed by atoms with Crippen LogP contribution in [0.5, 0.6) is 0 Å². The summed E-state index contributed by atoms with van der Waals surface area (Å²) in [6.07, 6.45) is 4.86. The summed E-state index contributed by atoms with van der Waals surface area (Å²) in [5.74, 6) is 1.73.